The highest BCUT2D eigenvalue weighted by Gasteiger charge is 2.05. The van der Waals surface area contributed by atoms with Crippen molar-refractivity contribution in [1.82, 2.24) is 9.78 Å². The van der Waals surface area contributed by atoms with Gasteiger partial charge in [0, 0.05) is 17.6 Å². The van der Waals surface area contributed by atoms with Gasteiger partial charge in [0.1, 0.15) is 5.82 Å². The topological polar surface area (TPSA) is 69.9 Å². The Morgan fingerprint density at radius 3 is 2.73 bits per heavy atom. The molecule has 78 valence electrons. The van der Waals surface area contributed by atoms with Gasteiger partial charge in [-0.15, -0.1) is 0 Å². The van der Waals surface area contributed by atoms with Crippen LogP contribution in [0.2, 0.25) is 5.02 Å². The van der Waals surface area contributed by atoms with E-state index in [2.05, 4.69) is 5.10 Å². The quantitative estimate of drug-likeness (QED) is 0.810. The van der Waals surface area contributed by atoms with Gasteiger partial charge in [0.2, 0.25) is 0 Å². The summed E-state index contributed by atoms with van der Waals surface area (Å²) < 4.78 is 1.62. The summed E-state index contributed by atoms with van der Waals surface area (Å²) in [6, 6.07) is 9.08. The van der Waals surface area contributed by atoms with Crippen molar-refractivity contribution in [3.05, 3.63) is 41.0 Å². The predicted molar refractivity (Wildman–Crippen MR) is 60.9 cm³/mol. The van der Waals surface area contributed by atoms with Crippen LogP contribution >= 0.6 is 11.6 Å². The van der Waals surface area contributed by atoms with Crippen LogP contribution in [-0.2, 0) is 6.54 Å². The molecule has 0 amide bonds. The Bertz CT molecular complexity index is 478. The lowest BCUT2D eigenvalue weighted by atomic mass is 10.3. The summed E-state index contributed by atoms with van der Waals surface area (Å²) >= 11 is 5.88. The van der Waals surface area contributed by atoms with Crippen LogP contribution in [0.25, 0.3) is 5.69 Å². The van der Waals surface area contributed by atoms with Crippen LogP contribution in [0.5, 0.6) is 0 Å². The summed E-state index contributed by atoms with van der Waals surface area (Å²) in [5.74, 6) is 0.553. The third kappa shape index (κ3) is 1.95. The number of rotatable bonds is 2. The second kappa shape index (κ2) is 3.92. The number of nitrogen functional groups attached to an aromatic ring is 1. The summed E-state index contributed by atoms with van der Waals surface area (Å²) in [6.45, 7) is 0.373. The van der Waals surface area contributed by atoms with Gasteiger partial charge in [-0.2, -0.15) is 5.10 Å². The van der Waals surface area contributed by atoms with Crippen molar-refractivity contribution in [3.8, 4) is 5.69 Å². The fraction of sp³-hybridized carbons (Fsp3) is 0.100. The third-order valence-corrected chi connectivity index (χ3v) is 2.28. The molecule has 0 fully saturated rings. The molecule has 0 radical (unpaired) electrons. The summed E-state index contributed by atoms with van der Waals surface area (Å²) in [5, 5.41) is 4.90. The minimum Gasteiger partial charge on any atom is -0.384 e. The van der Waals surface area contributed by atoms with Gasteiger partial charge in [0.15, 0.2) is 0 Å². The number of halogens is 1. The first-order valence-corrected chi connectivity index (χ1v) is 4.89. The van der Waals surface area contributed by atoms with Gasteiger partial charge in [0.05, 0.1) is 11.4 Å². The van der Waals surface area contributed by atoms with E-state index in [0.29, 0.717) is 17.4 Å². The number of hydrogen-bond acceptors (Lipinski definition) is 3. The molecule has 2 aromatic rings. The lowest BCUT2D eigenvalue weighted by Gasteiger charge is -2.03. The highest BCUT2D eigenvalue weighted by atomic mass is 35.5. The van der Waals surface area contributed by atoms with Crippen LogP contribution in [0.3, 0.4) is 0 Å². The Kier molecular flexibility index (Phi) is 2.62. The number of anilines is 1. The molecule has 1 heterocycles. The molecule has 4 N–H and O–H groups in total. The van der Waals surface area contributed by atoms with Gasteiger partial charge in [-0.05, 0) is 18.2 Å². The van der Waals surface area contributed by atoms with Gasteiger partial charge in [-0.1, -0.05) is 17.7 Å². The molecule has 0 atom stereocenters. The zero-order valence-corrected chi connectivity index (χ0v) is 8.78. The Labute approximate surface area is 92.4 Å². The number of nitrogens with zero attached hydrogens (tertiary/aromatic N) is 2. The standard InChI is InChI=1S/C10H11ClN4/c11-7-2-1-3-9(4-7)15-10(13)5-8(6-12)14-15/h1-5H,6,12-13H2. The predicted octanol–water partition coefficient (Wildman–Crippen LogP) is 1.57. The Morgan fingerprint density at radius 2 is 2.13 bits per heavy atom. The third-order valence-electron chi connectivity index (χ3n) is 2.05. The largest absolute Gasteiger partial charge is 0.384 e. The fourth-order valence-electron chi connectivity index (χ4n) is 1.36. The van der Waals surface area contributed by atoms with Crippen LogP contribution in [0.4, 0.5) is 5.82 Å². The molecule has 0 saturated heterocycles. The monoisotopic (exact) mass is 222 g/mol. The maximum Gasteiger partial charge on any atom is 0.127 e. The zero-order chi connectivity index (χ0) is 10.8. The molecule has 2 rings (SSSR count). The van der Waals surface area contributed by atoms with E-state index >= 15 is 0 Å². The van der Waals surface area contributed by atoms with Gasteiger partial charge < -0.3 is 11.5 Å². The number of benzene rings is 1. The van der Waals surface area contributed by atoms with Crippen LogP contribution in [0.1, 0.15) is 5.69 Å². The summed E-state index contributed by atoms with van der Waals surface area (Å²) in [5.41, 5.74) is 12.9. The van der Waals surface area contributed by atoms with Crippen molar-refractivity contribution >= 4 is 17.4 Å². The van der Waals surface area contributed by atoms with Gasteiger partial charge in [-0.3, -0.25) is 0 Å². The molecular formula is C10H11ClN4. The second-order valence-electron chi connectivity index (χ2n) is 3.16. The van der Waals surface area contributed by atoms with Crippen molar-refractivity contribution in [2.24, 2.45) is 5.73 Å². The lowest BCUT2D eigenvalue weighted by molar-refractivity contribution is 0.840. The molecule has 0 bridgehead atoms. The molecule has 0 unspecified atom stereocenters. The van der Waals surface area contributed by atoms with Crippen LogP contribution in [0.15, 0.2) is 30.3 Å². The van der Waals surface area contributed by atoms with Gasteiger partial charge >= 0.3 is 0 Å². The molecule has 1 aromatic carbocycles. The lowest BCUT2D eigenvalue weighted by Crippen LogP contribution is -2.03. The minimum absolute atomic E-state index is 0.373. The molecule has 4 nitrogen and oxygen atoms in total. The molecule has 5 heteroatoms. The number of aromatic nitrogens is 2. The molecule has 1 aromatic heterocycles. The van der Waals surface area contributed by atoms with Crippen LogP contribution in [0, 0.1) is 0 Å². The highest BCUT2D eigenvalue weighted by molar-refractivity contribution is 6.30. The Hall–Kier alpha value is -1.52. The average Bonchev–Trinajstić information content (AvgIpc) is 2.60. The molecule has 15 heavy (non-hydrogen) atoms. The first-order chi connectivity index (χ1) is 7.20. The molecule has 0 aliphatic heterocycles. The van der Waals surface area contributed by atoms with E-state index in [-0.39, 0.29) is 0 Å². The van der Waals surface area contributed by atoms with Crippen molar-refractivity contribution < 1.29 is 0 Å². The molecular weight excluding hydrogens is 212 g/mol. The first-order valence-electron chi connectivity index (χ1n) is 4.51. The van der Waals surface area contributed by atoms with E-state index in [0.717, 1.165) is 11.4 Å². The van der Waals surface area contributed by atoms with Crippen molar-refractivity contribution in [2.45, 2.75) is 6.54 Å². The smallest absolute Gasteiger partial charge is 0.127 e. The summed E-state index contributed by atoms with van der Waals surface area (Å²) in [7, 11) is 0. The van der Waals surface area contributed by atoms with E-state index in [4.69, 9.17) is 23.1 Å². The van der Waals surface area contributed by atoms with Crippen LogP contribution < -0.4 is 11.5 Å². The highest BCUT2D eigenvalue weighted by Crippen LogP contribution is 2.17. The molecule has 0 aliphatic carbocycles. The second-order valence-corrected chi connectivity index (χ2v) is 3.59. The van der Waals surface area contributed by atoms with Crippen LogP contribution in [-0.4, -0.2) is 9.78 Å². The normalized spacial score (nSPS) is 10.5. The molecule has 0 aliphatic rings. The molecule has 0 spiro atoms. The number of nitrogens with two attached hydrogens (primary N) is 2. The van der Waals surface area contributed by atoms with E-state index in [1.165, 1.54) is 0 Å². The van der Waals surface area contributed by atoms with E-state index in [1.54, 1.807) is 22.9 Å². The van der Waals surface area contributed by atoms with Crippen molar-refractivity contribution in [3.63, 3.8) is 0 Å². The summed E-state index contributed by atoms with van der Waals surface area (Å²) in [4.78, 5) is 0. The maximum absolute atomic E-state index is 5.88. The SMILES string of the molecule is NCc1cc(N)n(-c2cccc(Cl)c2)n1. The van der Waals surface area contributed by atoms with Crippen molar-refractivity contribution in [1.29, 1.82) is 0 Å². The summed E-state index contributed by atoms with van der Waals surface area (Å²) in [6.07, 6.45) is 0. The van der Waals surface area contributed by atoms with Gasteiger partial charge in [0.25, 0.3) is 0 Å². The van der Waals surface area contributed by atoms with Crippen molar-refractivity contribution in [2.75, 3.05) is 5.73 Å². The number of hydrogen-bond donors (Lipinski definition) is 2. The minimum atomic E-state index is 0.373. The zero-order valence-electron chi connectivity index (χ0n) is 8.02. The van der Waals surface area contributed by atoms with E-state index in [9.17, 15) is 0 Å². The molecule has 0 saturated carbocycles. The fourth-order valence-corrected chi connectivity index (χ4v) is 1.55. The Morgan fingerprint density at radius 1 is 1.33 bits per heavy atom. The van der Waals surface area contributed by atoms with E-state index in [1.807, 2.05) is 12.1 Å². The van der Waals surface area contributed by atoms with E-state index < -0.39 is 0 Å². The Balaban J connectivity index is 2.48. The maximum atomic E-state index is 5.88. The first kappa shape index (κ1) is 10.0. The average molecular weight is 223 g/mol. The van der Waals surface area contributed by atoms with Gasteiger partial charge in [-0.25, -0.2) is 4.68 Å².